The summed E-state index contributed by atoms with van der Waals surface area (Å²) in [5.41, 5.74) is 0.506. The Balaban J connectivity index is 2.34. The third-order valence-corrected chi connectivity index (χ3v) is 4.17. The van der Waals surface area contributed by atoms with Crippen LogP contribution in [0.25, 0.3) is 0 Å². The zero-order chi connectivity index (χ0) is 20.7. The van der Waals surface area contributed by atoms with Gasteiger partial charge in [0.15, 0.2) is 6.04 Å². The van der Waals surface area contributed by atoms with E-state index in [1.165, 1.54) is 28.4 Å². The van der Waals surface area contributed by atoms with E-state index in [1.807, 2.05) is 0 Å². The van der Waals surface area contributed by atoms with E-state index in [9.17, 15) is 14.7 Å². The van der Waals surface area contributed by atoms with Crippen LogP contribution in [0.5, 0.6) is 17.2 Å². The lowest BCUT2D eigenvalue weighted by Crippen LogP contribution is -2.45. The smallest absolute Gasteiger partial charge is 0.331 e. The van der Waals surface area contributed by atoms with Crippen molar-refractivity contribution < 1.29 is 33.6 Å². The van der Waals surface area contributed by atoms with Crippen LogP contribution in [-0.4, -0.2) is 51.5 Å². The van der Waals surface area contributed by atoms with Gasteiger partial charge in [-0.05, 0) is 29.8 Å². The van der Waals surface area contributed by atoms with E-state index in [2.05, 4.69) is 5.32 Å². The quantitative estimate of drug-likeness (QED) is 0.663. The Morgan fingerprint density at radius 3 is 1.93 bits per heavy atom. The van der Waals surface area contributed by atoms with Gasteiger partial charge in [0, 0.05) is 0 Å². The SMILES string of the molecule is COC(=O)C(NC(=O)c1c(OC)cccc1OC)C(O)c1ccc(OC)cc1. The zero-order valence-corrected chi connectivity index (χ0v) is 16.1. The lowest BCUT2D eigenvalue weighted by molar-refractivity contribution is -0.146. The summed E-state index contributed by atoms with van der Waals surface area (Å²) in [6.45, 7) is 0. The van der Waals surface area contributed by atoms with Crippen molar-refractivity contribution in [1.82, 2.24) is 5.32 Å². The van der Waals surface area contributed by atoms with E-state index in [1.54, 1.807) is 42.5 Å². The molecule has 2 atom stereocenters. The molecule has 0 aromatic heterocycles. The average Bonchev–Trinajstić information content (AvgIpc) is 2.75. The van der Waals surface area contributed by atoms with Gasteiger partial charge in [0.05, 0.1) is 28.4 Å². The van der Waals surface area contributed by atoms with Crippen LogP contribution in [0.4, 0.5) is 0 Å². The molecule has 28 heavy (non-hydrogen) atoms. The molecule has 2 rings (SSSR count). The summed E-state index contributed by atoms with van der Waals surface area (Å²) in [6.07, 6.45) is -1.34. The number of benzene rings is 2. The predicted molar refractivity (Wildman–Crippen MR) is 101 cm³/mol. The van der Waals surface area contributed by atoms with Gasteiger partial charge in [0.25, 0.3) is 5.91 Å². The monoisotopic (exact) mass is 389 g/mol. The average molecular weight is 389 g/mol. The van der Waals surface area contributed by atoms with Crippen LogP contribution in [0.15, 0.2) is 42.5 Å². The largest absolute Gasteiger partial charge is 0.497 e. The molecule has 0 aliphatic carbocycles. The van der Waals surface area contributed by atoms with Crippen molar-refractivity contribution in [2.75, 3.05) is 28.4 Å². The number of esters is 1. The molecule has 2 aromatic rings. The van der Waals surface area contributed by atoms with Gasteiger partial charge in [0.1, 0.15) is 28.9 Å². The highest BCUT2D eigenvalue weighted by Crippen LogP contribution is 2.29. The Morgan fingerprint density at radius 1 is 0.893 bits per heavy atom. The fourth-order valence-corrected chi connectivity index (χ4v) is 2.68. The van der Waals surface area contributed by atoms with Gasteiger partial charge in [-0.1, -0.05) is 18.2 Å². The van der Waals surface area contributed by atoms with Gasteiger partial charge in [-0.25, -0.2) is 4.79 Å². The summed E-state index contributed by atoms with van der Waals surface area (Å²) in [6, 6.07) is 9.95. The Kier molecular flexibility index (Phi) is 7.22. The van der Waals surface area contributed by atoms with Crippen LogP contribution in [0, 0.1) is 0 Å². The lowest BCUT2D eigenvalue weighted by atomic mass is 10.0. The van der Waals surface area contributed by atoms with Crippen LogP contribution in [-0.2, 0) is 9.53 Å². The van der Waals surface area contributed by atoms with E-state index in [-0.39, 0.29) is 17.1 Å². The number of aliphatic hydroxyl groups is 1. The minimum Gasteiger partial charge on any atom is -0.497 e. The number of nitrogens with one attached hydrogen (secondary N) is 1. The summed E-state index contributed by atoms with van der Waals surface area (Å²) in [7, 11) is 5.51. The van der Waals surface area contributed by atoms with Crippen LogP contribution in [0.2, 0.25) is 0 Å². The highest BCUT2D eigenvalue weighted by Gasteiger charge is 2.32. The lowest BCUT2D eigenvalue weighted by Gasteiger charge is -2.23. The van der Waals surface area contributed by atoms with Crippen LogP contribution in [0.1, 0.15) is 22.0 Å². The molecule has 0 saturated heterocycles. The molecule has 2 unspecified atom stereocenters. The van der Waals surface area contributed by atoms with Crippen molar-refractivity contribution in [3.63, 3.8) is 0 Å². The summed E-state index contributed by atoms with van der Waals surface area (Å²) in [5.74, 6) is -0.338. The summed E-state index contributed by atoms with van der Waals surface area (Å²) >= 11 is 0. The second-order valence-electron chi connectivity index (χ2n) is 5.73. The molecule has 0 saturated carbocycles. The fourth-order valence-electron chi connectivity index (χ4n) is 2.68. The number of carbonyl (C=O) groups excluding carboxylic acids is 2. The number of ether oxygens (including phenoxy) is 4. The number of methoxy groups -OCH3 is 4. The topological polar surface area (TPSA) is 103 Å². The Bertz CT molecular complexity index is 798. The zero-order valence-electron chi connectivity index (χ0n) is 16.1. The molecule has 0 spiro atoms. The van der Waals surface area contributed by atoms with Gasteiger partial charge < -0.3 is 29.4 Å². The molecule has 8 heteroatoms. The van der Waals surface area contributed by atoms with Crippen molar-refractivity contribution in [1.29, 1.82) is 0 Å². The van der Waals surface area contributed by atoms with Crippen molar-refractivity contribution in [3.05, 3.63) is 53.6 Å². The molecular formula is C20H23NO7. The molecule has 0 fully saturated rings. The normalized spacial score (nSPS) is 12.5. The first-order chi connectivity index (χ1) is 13.5. The second-order valence-corrected chi connectivity index (χ2v) is 5.73. The van der Waals surface area contributed by atoms with Gasteiger partial charge in [-0.2, -0.15) is 0 Å². The molecule has 8 nitrogen and oxygen atoms in total. The molecule has 150 valence electrons. The molecule has 1 amide bonds. The van der Waals surface area contributed by atoms with Gasteiger partial charge in [-0.15, -0.1) is 0 Å². The van der Waals surface area contributed by atoms with Crippen molar-refractivity contribution in [3.8, 4) is 17.2 Å². The third-order valence-electron chi connectivity index (χ3n) is 4.17. The van der Waals surface area contributed by atoms with Crippen LogP contribution >= 0.6 is 0 Å². The highest BCUT2D eigenvalue weighted by molar-refractivity contribution is 6.01. The van der Waals surface area contributed by atoms with E-state index in [0.29, 0.717) is 11.3 Å². The van der Waals surface area contributed by atoms with Crippen LogP contribution < -0.4 is 19.5 Å². The third kappa shape index (κ3) is 4.52. The molecule has 0 aliphatic heterocycles. The summed E-state index contributed by atoms with van der Waals surface area (Å²) < 4.78 is 20.3. The maximum atomic E-state index is 12.9. The van der Waals surface area contributed by atoms with E-state index in [4.69, 9.17) is 18.9 Å². The first-order valence-electron chi connectivity index (χ1n) is 8.38. The van der Waals surface area contributed by atoms with E-state index < -0.39 is 24.0 Å². The molecule has 0 heterocycles. The minimum atomic E-state index is -1.35. The Hall–Kier alpha value is -3.26. The Labute approximate surface area is 163 Å². The molecule has 0 radical (unpaired) electrons. The first-order valence-corrected chi connectivity index (χ1v) is 8.38. The fraction of sp³-hybridized carbons (Fsp3) is 0.300. The number of hydrogen-bond acceptors (Lipinski definition) is 7. The highest BCUT2D eigenvalue weighted by atomic mass is 16.5. The van der Waals surface area contributed by atoms with Gasteiger partial charge >= 0.3 is 5.97 Å². The predicted octanol–water partition coefficient (Wildman–Crippen LogP) is 1.72. The summed E-state index contributed by atoms with van der Waals surface area (Å²) in [4.78, 5) is 25.1. The molecule has 2 aromatic carbocycles. The number of aliphatic hydroxyl groups excluding tert-OH is 1. The van der Waals surface area contributed by atoms with Gasteiger partial charge in [-0.3, -0.25) is 4.79 Å². The van der Waals surface area contributed by atoms with Crippen molar-refractivity contribution in [2.45, 2.75) is 12.1 Å². The number of hydrogen-bond donors (Lipinski definition) is 2. The van der Waals surface area contributed by atoms with Gasteiger partial charge in [0.2, 0.25) is 0 Å². The van der Waals surface area contributed by atoms with E-state index >= 15 is 0 Å². The molecular weight excluding hydrogens is 366 g/mol. The molecule has 2 N–H and O–H groups in total. The van der Waals surface area contributed by atoms with Crippen LogP contribution in [0.3, 0.4) is 0 Å². The number of amides is 1. The maximum Gasteiger partial charge on any atom is 0.331 e. The van der Waals surface area contributed by atoms with Crippen molar-refractivity contribution >= 4 is 11.9 Å². The maximum absolute atomic E-state index is 12.9. The molecule has 0 bridgehead atoms. The Morgan fingerprint density at radius 2 is 1.46 bits per heavy atom. The minimum absolute atomic E-state index is 0.100. The summed E-state index contributed by atoms with van der Waals surface area (Å²) in [5, 5.41) is 13.2. The standard InChI is InChI=1S/C20H23NO7/c1-25-13-10-8-12(9-11-13)18(22)17(20(24)28-4)21-19(23)16-14(26-2)6-5-7-15(16)27-3/h5-11,17-18,22H,1-4H3,(H,21,23). The number of carbonyl (C=O) groups is 2. The van der Waals surface area contributed by atoms with E-state index in [0.717, 1.165) is 0 Å². The second kappa shape index (κ2) is 9.61. The van der Waals surface area contributed by atoms with Crippen molar-refractivity contribution in [2.24, 2.45) is 0 Å². The molecule has 0 aliphatic rings. The number of rotatable bonds is 8. The first kappa shape index (κ1) is 21.0.